The number of hydrogen-bond acceptors (Lipinski definition) is 7. The molecule has 7 heteroatoms. The predicted molar refractivity (Wildman–Crippen MR) is 102 cm³/mol. The van der Waals surface area contributed by atoms with Crippen LogP contribution in [0.5, 0.6) is 0 Å². The maximum atomic E-state index is 12.5. The summed E-state index contributed by atoms with van der Waals surface area (Å²) in [5, 5.41) is 13.7. The van der Waals surface area contributed by atoms with Crippen LogP contribution in [0.3, 0.4) is 0 Å². The van der Waals surface area contributed by atoms with Crippen molar-refractivity contribution in [3.05, 3.63) is 0 Å². The fourth-order valence-electron chi connectivity index (χ4n) is 5.31. The van der Waals surface area contributed by atoms with Gasteiger partial charge in [0.2, 0.25) is 0 Å². The summed E-state index contributed by atoms with van der Waals surface area (Å²) in [4.78, 5) is 18.1. The van der Waals surface area contributed by atoms with Gasteiger partial charge in [-0.1, -0.05) is 0 Å². The lowest BCUT2D eigenvalue weighted by Gasteiger charge is -2.52. The van der Waals surface area contributed by atoms with Crippen LogP contribution in [0.15, 0.2) is 0 Å². The Hall–Kier alpha value is -0.890. The summed E-state index contributed by atoms with van der Waals surface area (Å²) in [6.45, 7) is 16.1. The molecule has 1 N–H and O–H groups in total. The standard InChI is InChI=1S/C20H38N2O5/c1-17(2)10-14(11-18(3,4)21(17)24)26-16(23)27-15-12-19(5,6)22(25-9)20(7,8)13-15/h14-15,24H,10-13H2,1-9H3. The number of piperidine rings is 2. The van der Waals surface area contributed by atoms with E-state index in [1.54, 1.807) is 7.11 Å². The smallest absolute Gasteiger partial charge is 0.431 e. The first-order valence-electron chi connectivity index (χ1n) is 9.82. The van der Waals surface area contributed by atoms with Crippen LogP contribution in [0.2, 0.25) is 0 Å². The number of nitrogens with zero attached hydrogens (tertiary/aromatic N) is 2. The number of carbonyl (C=O) groups excluding carboxylic acids is 1. The predicted octanol–water partition coefficient (Wildman–Crippen LogP) is 4.13. The SMILES string of the molecule is CON1C(C)(C)CC(OC(=O)OC2CC(C)(C)N(O)C(C)(C)C2)CC1(C)C. The Bertz CT molecular complexity index is 523. The third-order valence-electron chi connectivity index (χ3n) is 5.86. The first-order chi connectivity index (χ1) is 12.1. The lowest BCUT2D eigenvalue weighted by atomic mass is 9.80. The molecule has 0 unspecified atom stereocenters. The number of carbonyl (C=O) groups is 1. The molecule has 2 fully saturated rings. The minimum Gasteiger partial charge on any atom is -0.431 e. The van der Waals surface area contributed by atoms with E-state index in [9.17, 15) is 10.0 Å². The summed E-state index contributed by atoms with van der Waals surface area (Å²) in [6.07, 6.45) is 1.32. The molecule has 0 aromatic carbocycles. The summed E-state index contributed by atoms with van der Waals surface area (Å²) in [5.41, 5.74) is -1.46. The second-order valence-corrected chi connectivity index (χ2v) is 10.6. The molecule has 2 rings (SSSR count). The summed E-state index contributed by atoms with van der Waals surface area (Å²) in [6, 6.07) is 0. The molecule has 2 aliphatic heterocycles. The van der Waals surface area contributed by atoms with Crippen molar-refractivity contribution in [2.24, 2.45) is 0 Å². The topological polar surface area (TPSA) is 71.5 Å². The summed E-state index contributed by atoms with van der Waals surface area (Å²) in [7, 11) is 1.68. The summed E-state index contributed by atoms with van der Waals surface area (Å²) < 4.78 is 11.4. The van der Waals surface area contributed by atoms with Gasteiger partial charge in [-0.05, 0) is 55.4 Å². The molecule has 0 aliphatic carbocycles. The van der Waals surface area contributed by atoms with E-state index >= 15 is 0 Å². The van der Waals surface area contributed by atoms with E-state index in [1.165, 1.54) is 5.06 Å². The van der Waals surface area contributed by atoms with Crippen molar-refractivity contribution in [1.82, 2.24) is 10.1 Å². The molecular weight excluding hydrogens is 348 g/mol. The Morgan fingerprint density at radius 2 is 1.11 bits per heavy atom. The highest BCUT2D eigenvalue weighted by Gasteiger charge is 2.49. The highest BCUT2D eigenvalue weighted by atomic mass is 16.7. The molecule has 2 aliphatic rings. The van der Waals surface area contributed by atoms with Crippen molar-refractivity contribution < 1.29 is 24.3 Å². The first kappa shape index (κ1) is 22.4. The quantitative estimate of drug-likeness (QED) is 0.731. The van der Waals surface area contributed by atoms with E-state index in [-0.39, 0.29) is 23.3 Å². The van der Waals surface area contributed by atoms with Crippen molar-refractivity contribution in [3.8, 4) is 0 Å². The largest absolute Gasteiger partial charge is 0.508 e. The van der Waals surface area contributed by atoms with Gasteiger partial charge in [-0.25, -0.2) is 4.79 Å². The van der Waals surface area contributed by atoms with E-state index in [0.717, 1.165) is 0 Å². The Morgan fingerprint density at radius 1 is 0.778 bits per heavy atom. The normalized spacial score (nSPS) is 28.7. The molecule has 7 nitrogen and oxygen atoms in total. The van der Waals surface area contributed by atoms with E-state index in [4.69, 9.17) is 14.3 Å². The minimum absolute atomic E-state index is 0.229. The second kappa shape index (κ2) is 7.17. The lowest BCUT2D eigenvalue weighted by molar-refractivity contribution is -0.278. The third kappa shape index (κ3) is 4.75. The van der Waals surface area contributed by atoms with Gasteiger partial charge in [0.15, 0.2) is 0 Å². The average molecular weight is 387 g/mol. The highest BCUT2D eigenvalue weighted by Crippen LogP contribution is 2.40. The average Bonchev–Trinajstić information content (AvgIpc) is 2.41. The molecule has 0 radical (unpaired) electrons. The van der Waals surface area contributed by atoms with Crippen molar-refractivity contribution in [1.29, 1.82) is 0 Å². The van der Waals surface area contributed by atoms with Gasteiger partial charge in [0.05, 0.1) is 7.11 Å². The maximum absolute atomic E-state index is 12.5. The Kier molecular flexibility index (Phi) is 5.95. The first-order valence-corrected chi connectivity index (χ1v) is 9.82. The number of ether oxygens (including phenoxy) is 2. The molecule has 0 amide bonds. The van der Waals surface area contributed by atoms with Crippen molar-refractivity contribution >= 4 is 6.16 Å². The lowest BCUT2D eigenvalue weighted by Crippen LogP contribution is -2.62. The maximum Gasteiger partial charge on any atom is 0.508 e. The number of rotatable bonds is 3. The Morgan fingerprint density at radius 3 is 1.44 bits per heavy atom. The van der Waals surface area contributed by atoms with Crippen LogP contribution in [0.25, 0.3) is 0 Å². The molecule has 0 atom stereocenters. The van der Waals surface area contributed by atoms with Gasteiger partial charge in [-0.3, -0.25) is 0 Å². The van der Waals surface area contributed by atoms with Gasteiger partial charge in [0, 0.05) is 47.8 Å². The molecule has 2 heterocycles. The summed E-state index contributed by atoms with van der Waals surface area (Å²) in [5.74, 6) is 0. The molecule has 0 saturated carbocycles. The zero-order valence-electron chi connectivity index (χ0n) is 18.5. The zero-order valence-corrected chi connectivity index (χ0v) is 18.5. The van der Waals surface area contributed by atoms with Crippen LogP contribution in [0.1, 0.15) is 81.1 Å². The van der Waals surface area contributed by atoms with Crippen LogP contribution < -0.4 is 0 Å². The minimum atomic E-state index is -0.625. The summed E-state index contributed by atoms with van der Waals surface area (Å²) >= 11 is 0. The monoisotopic (exact) mass is 386 g/mol. The van der Waals surface area contributed by atoms with Crippen molar-refractivity contribution in [2.75, 3.05) is 7.11 Å². The van der Waals surface area contributed by atoms with Crippen molar-refractivity contribution in [3.63, 3.8) is 0 Å². The van der Waals surface area contributed by atoms with Crippen LogP contribution in [0.4, 0.5) is 4.79 Å². The highest BCUT2D eigenvalue weighted by molar-refractivity contribution is 5.60. The molecule has 0 bridgehead atoms. The van der Waals surface area contributed by atoms with Gasteiger partial charge in [0.1, 0.15) is 12.2 Å². The van der Waals surface area contributed by atoms with Gasteiger partial charge < -0.3 is 19.5 Å². The van der Waals surface area contributed by atoms with Gasteiger partial charge >= 0.3 is 6.16 Å². The van der Waals surface area contributed by atoms with Gasteiger partial charge in [-0.15, -0.1) is 0 Å². The van der Waals surface area contributed by atoms with E-state index < -0.39 is 17.2 Å². The molecular formula is C20H38N2O5. The zero-order chi connectivity index (χ0) is 20.8. The van der Waals surface area contributed by atoms with E-state index in [1.807, 2.05) is 32.8 Å². The van der Waals surface area contributed by atoms with Crippen LogP contribution in [0, 0.1) is 0 Å². The van der Waals surface area contributed by atoms with Crippen molar-refractivity contribution in [2.45, 2.75) is 115 Å². The van der Waals surface area contributed by atoms with E-state index in [2.05, 4.69) is 27.7 Å². The van der Waals surface area contributed by atoms with Crippen LogP contribution >= 0.6 is 0 Å². The fourth-order valence-corrected chi connectivity index (χ4v) is 5.31. The van der Waals surface area contributed by atoms with Gasteiger partial charge in [-0.2, -0.15) is 10.1 Å². The van der Waals surface area contributed by atoms with Crippen LogP contribution in [-0.2, 0) is 14.3 Å². The molecule has 2 saturated heterocycles. The molecule has 0 aromatic rings. The number of hydrogen-bond donors (Lipinski definition) is 1. The Balaban J connectivity index is 2.00. The molecule has 27 heavy (non-hydrogen) atoms. The number of hydroxylamine groups is 4. The van der Waals surface area contributed by atoms with Gasteiger partial charge in [0.25, 0.3) is 0 Å². The fraction of sp³-hybridized carbons (Fsp3) is 0.950. The molecule has 0 aromatic heterocycles. The molecule has 158 valence electrons. The Labute approximate surface area is 163 Å². The van der Waals surface area contributed by atoms with Crippen LogP contribution in [-0.4, -0.2) is 63.0 Å². The third-order valence-corrected chi connectivity index (χ3v) is 5.86. The second-order valence-electron chi connectivity index (χ2n) is 10.6. The van der Waals surface area contributed by atoms with E-state index in [0.29, 0.717) is 25.7 Å². The molecule has 0 spiro atoms.